The zero-order valence-corrected chi connectivity index (χ0v) is 23.3. The molecule has 0 radical (unpaired) electrons. The van der Waals surface area contributed by atoms with Crippen LogP contribution in [0, 0.1) is 18.3 Å². The second-order valence-corrected chi connectivity index (χ2v) is 11.4. The molecule has 5 rings (SSSR count). The summed E-state index contributed by atoms with van der Waals surface area (Å²) in [6, 6.07) is 20.5. The summed E-state index contributed by atoms with van der Waals surface area (Å²) in [5.74, 6) is -1.74. The van der Waals surface area contributed by atoms with E-state index in [9.17, 15) is 25.1 Å². The van der Waals surface area contributed by atoms with Crippen molar-refractivity contribution >= 4 is 67.8 Å². The number of anilines is 1. The number of nitriles is 1. The van der Waals surface area contributed by atoms with Crippen molar-refractivity contribution in [2.45, 2.75) is 31.2 Å². The van der Waals surface area contributed by atoms with Crippen LogP contribution in [0.4, 0.5) is 5.69 Å². The Balaban J connectivity index is 1.49. The van der Waals surface area contributed by atoms with Crippen molar-refractivity contribution in [3.63, 3.8) is 0 Å². The van der Waals surface area contributed by atoms with Crippen molar-refractivity contribution in [1.82, 2.24) is 0 Å². The number of thioether (sulfide) groups is 1. The number of benzene rings is 3. The second-order valence-electron chi connectivity index (χ2n) is 9.31. The van der Waals surface area contributed by atoms with E-state index in [4.69, 9.17) is 0 Å². The first kappa shape index (κ1) is 27.2. The first-order valence-corrected chi connectivity index (χ1v) is 14.3. The van der Waals surface area contributed by atoms with Crippen LogP contribution in [0.1, 0.15) is 23.4 Å². The largest absolute Gasteiger partial charge is 0.481 e. The Morgan fingerprint density at radius 1 is 1.07 bits per heavy atom. The van der Waals surface area contributed by atoms with Crippen LogP contribution in [-0.4, -0.2) is 28.7 Å². The monoisotopic (exact) mass is 568 g/mol. The van der Waals surface area contributed by atoms with Crippen molar-refractivity contribution in [2.75, 3.05) is 11.4 Å². The van der Waals surface area contributed by atoms with E-state index in [-0.39, 0.29) is 12.8 Å². The third-order valence-electron chi connectivity index (χ3n) is 6.54. The highest BCUT2D eigenvalue weighted by molar-refractivity contribution is 8.03. The zero-order chi connectivity index (χ0) is 28.2. The standard InChI is InChI=1S/C31H25N3O4S2/c1-20-6-10-25-24(18-20)33(16-14-29(35)36)27(39-25)12-7-21(19-32)8-13-28-34(17-15-30(37)38)31-23-5-3-2-4-22(23)9-11-26(31)40-28/h2-13,18H,14-17H2,1H3,(H-,35,36,37,38)/p+1. The lowest BCUT2D eigenvalue weighted by Crippen LogP contribution is -2.36. The van der Waals surface area contributed by atoms with E-state index in [1.165, 1.54) is 0 Å². The number of allylic oxidation sites excluding steroid dienone is 4. The maximum atomic E-state index is 11.4. The summed E-state index contributed by atoms with van der Waals surface area (Å²) in [5.41, 5.74) is 3.46. The van der Waals surface area contributed by atoms with Gasteiger partial charge in [0.2, 0.25) is 5.52 Å². The van der Waals surface area contributed by atoms with Gasteiger partial charge in [0.25, 0.3) is 5.01 Å². The quantitative estimate of drug-likeness (QED) is 0.135. The van der Waals surface area contributed by atoms with E-state index in [1.54, 1.807) is 35.3 Å². The minimum Gasteiger partial charge on any atom is -0.481 e. The van der Waals surface area contributed by atoms with Gasteiger partial charge in [0.05, 0.1) is 34.2 Å². The molecular formula is C31H26N3O4S2+. The maximum absolute atomic E-state index is 11.4. The van der Waals surface area contributed by atoms with Gasteiger partial charge in [0, 0.05) is 17.5 Å². The number of hydrogen-bond donors (Lipinski definition) is 2. The molecule has 0 atom stereocenters. The number of aromatic nitrogens is 1. The summed E-state index contributed by atoms with van der Waals surface area (Å²) in [4.78, 5) is 25.7. The summed E-state index contributed by atoms with van der Waals surface area (Å²) >= 11 is 3.10. The zero-order valence-electron chi connectivity index (χ0n) is 21.7. The van der Waals surface area contributed by atoms with Crippen LogP contribution < -0.4 is 9.47 Å². The fourth-order valence-corrected chi connectivity index (χ4v) is 6.83. The van der Waals surface area contributed by atoms with Crippen molar-refractivity contribution in [1.29, 1.82) is 5.26 Å². The molecule has 4 aromatic rings. The molecule has 0 amide bonds. The highest BCUT2D eigenvalue weighted by atomic mass is 32.2. The molecule has 3 aromatic carbocycles. The number of aryl methyl sites for hydroxylation is 2. The van der Waals surface area contributed by atoms with Crippen molar-refractivity contribution in [2.24, 2.45) is 0 Å². The van der Waals surface area contributed by atoms with Crippen LogP contribution in [0.2, 0.25) is 0 Å². The molecule has 0 fully saturated rings. The Labute approximate surface area is 239 Å². The van der Waals surface area contributed by atoms with E-state index < -0.39 is 11.9 Å². The summed E-state index contributed by atoms with van der Waals surface area (Å²) in [7, 11) is 0. The van der Waals surface area contributed by atoms with Gasteiger partial charge in [-0.2, -0.15) is 9.83 Å². The van der Waals surface area contributed by atoms with Gasteiger partial charge >= 0.3 is 11.9 Å². The molecule has 7 nitrogen and oxygen atoms in total. The highest BCUT2D eigenvalue weighted by Crippen LogP contribution is 2.46. The molecule has 1 aromatic heterocycles. The third kappa shape index (κ3) is 5.78. The van der Waals surface area contributed by atoms with Crippen molar-refractivity contribution in [3.05, 3.63) is 94.0 Å². The summed E-state index contributed by atoms with van der Waals surface area (Å²) in [6.07, 6.45) is 7.15. The number of fused-ring (bicyclic) bond motifs is 4. The Morgan fingerprint density at radius 3 is 2.65 bits per heavy atom. The minimum atomic E-state index is -0.871. The summed E-state index contributed by atoms with van der Waals surface area (Å²) in [5, 5.41) is 32.3. The van der Waals surface area contributed by atoms with Gasteiger partial charge in [-0.25, -0.2) is 0 Å². The normalized spacial score (nSPS) is 14.3. The number of thiazole rings is 1. The SMILES string of the molecule is Cc1ccc2c(c1)N(CCC(=O)O)/C(=C/C=C(C#N)/C=C/c1sc3ccc4ccccc4c3[n+]1CCC(=O)O)S2. The molecule has 0 saturated heterocycles. The smallest absolute Gasteiger partial charge is 0.309 e. The molecule has 2 heterocycles. The first-order valence-electron chi connectivity index (χ1n) is 12.7. The molecule has 0 aliphatic carbocycles. The topological polar surface area (TPSA) is 106 Å². The van der Waals surface area contributed by atoms with Crippen molar-refractivity contribution < 1.29 is 24.4 Å². The Kier molecular flexibility index (Phi) is 8.01. The molecule has 1 aliphatic rings. The third-order valence-corrected chi connectivity index (χ3v) is 8.78. The molecule has 200 valence electrons. The van der Waals surface area contributed by atoms with Crippen LogP contribution in [-0.2, 0) is 16.1 Å². The number of carboxylic acid groups (broad SMARTS) is 2. The van der Waals surface area contributed by atoms with E-state index in [0.717, 1.165) is 47.2 Å². The minimum absolute atomic E-state index is 0.00301. The van der Waals surface area contributed by atoms with Crippen LogP contribution in [0.3, 0.4) is 0 Å². The Bertz CT molecular complexity index is 1780. The maximum Gasteiger partial charge on any atom is 0.309 e. The van der Waals surface area contributed by atoms with Gasteiger partial charge in [0.15, 0.2) is 6.54 Å². The van der Waals surface area contributed by atoms with Gasteiger partial charge in [-0.15, -0.1) is 0 Å². The molecule has 2 N–H and O–H groups in total. The van der Waals surface area contributed by atoms with E-state index in [2.05, 4.69) is 12.1 Å². The average molecular weight is 569 g/mol. The van der Waals surface area contributed by atoms with Crippen LogP contribution in [0.5, 0.6) is 0 Å². The van der Waals surface area contributed by atoms with Gasteiger partial charge in [-0.1, -0.05) is 53.4 Å². The predicted molar refractivity (Wildman–Crippen MR) is 159 cm³/mol. The van der Waals surface area contributed by atoms with E-state index in [0.29, 0.717) is 18.7 Å². The molecule has 1 aliphatic heterocycles. The molecule has 0 unspecified atom stereocenters. The van der Waals surface area contributed by atoms with E-state index in [1.807, 2.05) is 77.1 Å². The number of carbonyl (C=O) groups is 2. The van der Waals surface area contributed by atoms with Gasteiger partial charge in [-0.05, 0) is 60.4 Å². The average Bonchev–Trinajstić information content (AvgIpc) is 3.47. The lowest BCUT2D eigenvalue weighted by molar-refractivity contribution is -0.667. The number of hydrogen-bond acceptors (Lipinski definition) is 6. The number of rotatable bonds is 9. The van der Waals surface area contributed by atoms with Gasteiger partial charge in [0.1, 0.15) is 11.1 Å². The fraction of sp³-hybridized carbons (Fsp3) is 0.161. The molecule has 40 heavy (non-hydrogen) atoms. The molecular weight excluding hydrogens is 542 g/mol. The lowest BCUT2D eigenvalue weighted by Gasteiger charge is -2.19. The van der Waals surface area contributed by atoms with E-state index >= 15 is 0 Å². The predicted octanol–water partition coefficient (Wildman–Crippen LogP) is 6.52. The van der Waals surface area contributed by atoms with Gasteiger partial charge < -0.3 is 15.1 Å². The second kappa shape index (κ2) is 11.8. The van der Waals surface area contributed by atoms with Crippen LogP contribution in [0.25, 0.3) is 27.1 Å². The van der Waals surface area contributed by atoms with Gasteiger partial charge in [-0.3, -0.25) is 9.59 Å². The molecule has 0 saturated carbocycles. The van der Waals surface area contributed by atoms with Crippen LogP contribution >= 0.6 is 23.1 Å². The Morgan fingerprint density at radius 2 is 1.88 bits per heavy atom. The molecule has 0 spiro atoms. The first-order chi connectivity index (χ1) is 19.3. The summed E-state index contributed by atoms with van der Waals surface area (Å²) < 4.78 is 3.05. The number of nitrogens with zero attached hydrogens (tertiary/aromatic N) is 3. The van der Waals surface area contributed by atoms with Crippen molar-refractivity contribution in [3.8, 4) is 6.07 Å². The number of carboxylic acids is 2. The highest BCUT2D eigenvalue weighted by Gasteiger charge is 2.25. The molecule has 9 heteroatoms. The summed E-state index contributed by atoms with van der Waals surface area (Å²) in [6.45, 7) is 2.64. The van der Waals surface area contributed by atoms with Crippen LogP contribution in [0.15, 0.2) is 88.3 Å². The Hall–Kier alpha value is -4.39. The molecule has 0 bridgehead atoms. The number of aliphatic carboxylic acids is 2. The lowest BCUT2D eigenvalue weighted by atomic mass is 10.1. The fourth-order valence-electron chi connectivity index (χ4n) is 4.65.